The van der Waals surface area contributed by atoms with Gasteiger partial charge in [-0.3, -0.25) is 4.79 Å². The quantitative estimate of drug-likeness (QED) is 0.786. The van der Waals surface area contributed by atoms with Gasteiger partial charge in [-0.15, -0.1) is 0 Å². The molecule has 100 valence electrons. The molecule has 0 aliphatic carbocycles. The van der Waals surface area contributed by atoms with Crippen molar-refractivity contribution in [2.45, 2.75) is 25.3 Å². The second-order valence-corrected chi connectivity index (χ2v) is 5.11. The molecule has 4 nitrogen and oxygen atoms in total. The Labute approximate surface area is 112 Å². The van der Waals surface area contributed by atoms with E-state index in [1.165, 1.54) is 12.8 Å². The van der Waals surface area contributed by atoms with Crippen molar-refractivity contribution < 1.29 is 0 Å². The maximum absolute atomic E-state index is 11.9. The Kier molecular flexibility index (Phi) is 3.51. The molecule has 0 unspecified atom stereocenters. The van der Waals surface area contributed by atoms with Gasteiger partial charge in [0.25, 0.3) is 5.56 Å². The van der Waals surface area contributed by atoms with Gasteiger partial charge < -0.3 is 15.6 Å². The van der Waals surface area contributed by atoms with E-state index in [0.29, 0.717) is 6.04 Å². The number of aromatic amines is 1. The van der Waals surface area contributed by atoms with Crippen molar-refractivity contribution in [1.82, 2.24) is 10.3 Å². The molecule has 1 aliphatic rings. The number of H-pyrrole nitrogens is 1. The van der Waals surface area contributed by atoms with Crippen LogP contribution in [0.1, 0.15) is 19.3 Å². The smallest absolute Gasteiger partial charge is 0.257 e. The molecule has 1 aromatic heterocycles. The Hall–Kier alpha value is -1.81. The highest BCUT2D eigenvalue weighted by Crippen LogP contribution is 2.13. The van der Waals surface area contributed by atoms with Gasteiger partial charge in [0.15, 0.2) is 0 Å². The molecule has 1 atom stereocenters. The van der Waals surface area contributed by atoms with Crippen LogP contribution in [0.15, 0.2) is 35.1 Å². The predicted octanol–water partition coefficient (Wildman–Crippen LogP) is 2.08. The minimum absolute atomic E-state index is 0.0282. The third-order valence-corrected chi connectivity index (χ3v) is 3.72. The molecule has 0 radical (unpaired) electrons. The molecular formula is C15H19N3O. The Morgan fingerprint density at radius 3 is 3.05 bits per heavy atom. The van der Waals surface area contributed by atoms with Gasteiger partial charge >= 0.3 is 0 Å². The Bertz CT molecular complexity index is 614. The molecule has 0 spiro atoms. The van der Waals surface area contributed by atoms with Crippen LogP contribution in [0.25, 0.3) is 10.8 Å². The number of rotatable bonds is 4. The van der Waals surface area contributed by atoms with Crippen LogP contribution in [0.4, 0.5) is 5.82 Å². The number of fused-ring (bicyclic) bond motifs is 1. The number of hydrogen-bond acceptors (Lipinski definition) is 3. The highest BCUT2D eigenvalue weighted by atomic mass is 16.1. The highest BCUT2D eigenvalue weighted by Gasteiger charge is 2.12. The van der Waals surface area contributed by atoms with E-state index in [9.17, 15) is 4.79 Å². The normalized spacial score (nSPS) is 18.8. The first-order valence-corrected chi connectivity index (χ1v) is 6.92. The molecule has 2 aromatic rings. The molecule has 0 bridgehead atoms. The van der Waals surface area contributed by atoms with Gasteiger partial charge in [-0.1, -0.05) is 18.2 Å². The lowest BCUT2D eigenvalue weighted by atomic mass is 10.1. The first kappa shape index (κ1) is 12.2. The fraction of sp³-hybridized carbons (Fsp3) is 0.400. The fourth-order valence-corrected chi connectivity index (χ4v) is 2.69. The molecule has 4 heteroatoms. The number of anilines is 1. The summed E-state index contributed by atoms with van der Waals surface area (Å²) in [5, 5.41) is 8.50. The third kappa shape index (κ3) is 2.79. The molecule has 2 heterocycles. The Balaban J connectivity index is 1.69. The maximum atomic E-state index is 11.9. The largest absolute Gasteiger partial charge is 0.371 e. The van der Waals surface area contributed by atoms with E-state index in [1.54, 1.807) is 0 Å². The van der Waals surface area contributed by atoms with Crippen molar-refractivity contribution in [3.05, 3.63) is 40.7 Å². The molecular weight excluding hydrogens is 238 g/mol. The van der Waals surface area contributed by atoms with Crippen molar-refractivity contribution >= 4 is 16.6 Å². The number of aromatic nitrogens is 1. The average molecular weight is 257 g/mol. The predicted molar refractivity (Wildman–Crippen MR) is 78.7 cm³/mol. The summed E-state index contributed by atoms with van der Waals surface area (Å²) in [4.78, 5) is 14.8. The molecule has 19 heavy (non-hydrogen) atoms. The first-order valence-electron chi connectivity index (χ1n) is 6.92. The molecule has 0 amide bonds. The van der Waals surface area contributed by atoms with Gasteiger partial charge in [0.05, 0.1) is 0 Å². The molecule has 1 aromatic carbocycles. The SMILES string of the molecule is O=c1[nH]c(NCC[C@H]2CCCN2)cc2ccccc12. The third-order valence-electron chi connectivity index (χ3n) is 3.72. The van der Waals surface area contributed by atoms with Gasteiger partial charge in [-0.05, 0) is 43.3 Å². The molecule has 0 saturated carbocycles. The molecule has 1 fully saturated rings. The molecule has 1 aliphatic heterocycles. The Morgan fingerprint density at radius 1 is 1.32 bits per heavy atom. The maximum Gasteiger partial charge on any atom is 0.257 e. The van der Waals surface area contributed by atoms with Crippen molar-refractivity contribution in [1.29, 1.82) is 0 Å². The van der Waals surface area contributed by atoms with Crippen molar-refractivity contribution in [3.63, 3.8) is 0 Å². The second-order valence-electron chi connectivity index (χ2n) is 5.11. The van der Waals surface area contributed by atoms with Crippen LogP contribution in [0.3, 0.4) is 0 Å². The number of nitrogens with one attached hydrogen (secondary N) is 3. The van der Waals surface area contributed by atoms with Crippen molar-refractivity contribution in [2.24, 2.45) is 0 Å². The zero-order valence-corrected chi connectivity index (χ0v) is 10.9. The van der Waals surface area contributed by atoms with E-state index in [0.717, 1.165) is 36.1 Å². The van der Waals surface area contributed by atoms with Gasteiger partial charge in [0, 0.05) is 18.0 Å². The summed E-state index contributed by atoms with van der Waals surface area (Å²) in [5.74, 6) is 0.807. The fourth-order valence-electron chi connectivity index (χ4n) is 2.69. The van der Waals surface area contributed by atoms with Crippen LogP contribution in [-0.2, 0) is 0 Å². The van der Waals surface area contributed by atoms with Crippen LogP contribution >= 0.6 is 0 Å². The minimum Gasteiger partial charge on any atom is -0.371 e. The van der Waals surface area contributed by atoms with Gasteiger partial charge in [-0.2, -0.15) is 0 Å². The van der Waals surface area contributed by atoms with E-state index in [-0.39, 0.29) is 5.56 Å². The monoisotopic (exact) mass is 257 g/mol. The van der Waals surface area contributed by atoms with E-state index >= 15 is 0 Å². The molecule has 1 saturated heterocycles. The summed E-state index contributed by atoms with van der Waals surface area (Å²) in [6.07, 6.45) is 3.63. The van der Waals surface area contributed by atoms with Crippen LogP contribution in [-0.4, -0.2) is 24.1 Å². The molecule has 3 N–H and O–H groups in total. The van der Waals surface area contributed by atoms with E-state index in [2.05, 4.69) is 15.6 Å². The van der Waals surface area contributed by atoms with Gasteiger partial charge in [0.1, 0.15) is 5.82 Å². The van der Waals surface area contributed by atoms with E-state index in [1.807, 2.05) is 30.3 Å². The zero-order chi connectivity index (χ0) is 13.1. The zero-order valence-electron chi connectivity index (χ0n) is 10.9. The lowest BCUT2D eigenvalue weighted by molar-refractivity contribution is 0.574. The van der Waals surface area contributed by atoms with Crippen LogP contribution in [0, 0.1) is 0 Å². The summed E-state index contributed by atoms with van der Waals surface area (Å²) >= 11 is 0. The number of pyridine rings is 1. The Morgan fingerprint density at radius 2 is 2.21 bits per heavy atom. The molecule has 3 rings (SSSR count). The topological polar surface area (TPSA) is 56.9 Å². The van der Waals surface area contributed by atoms with Crippen molar-refractivity contribution in [3.8, 4) is 0 Å². The minimum atomic E-state index is -0.0282. The number of benzene rings is 1. The number of hydrogen-bond donors (Lipinski definition) is 3. The van der Waals surface area contributed by atoms with Gasteiger partial charge in [-0.25, -0.2) is 0 Å². The van der Waals surface area contributed by atoms with Gasteiger partial charge in [0.2, 0.25) is 0 Å². The standard InChI is InChI=1S/C15H19N3O/c19-15-13-6-2-1-4-11(13)10-14(18-15)17-9-7-12-5-3-8-16-12/h1-2,4,6,10,12,16H,3,5,7-9H2,(H2,17,18,19)/t12-/m1/s1. The summed E-state index contributed by atoms with van der Waals surface area (Å²) in [5.41, 5.74) is -0.0282. The van der Waals surface area contributed by atoms with E-state index < -0.39 is 0 Å². The van der Waals surface area contributed by atoms with E-state index in [4.69, 9.17) is 0 Å². The average Bonchev–Trinajstić information content (AvgIpc) is 2.92. The summed E-state index contributed by atoms with van der Waals surface area (Å²) in [6.45, 7) is 2.02. The van der Waals surface area contributed by atoms with Crippen LogP contribution in [0.2, 0.25) is 0 Å². The highest BCUT2D eigenvalue weighted by molar-refractivity contribution is 5.83. The summed E-state index contributed by atoms with van der Waals surface area (Å²) in [7, 11) is 0. The van der Waals surface area contributed by atoms with Crippen LogP contribution < -0.4 is 16.2 Å². The van der Waals surface area contributed by atoms with Crippen molar-refractivity contribution in [2.75, 3.05) is 18.4 Å². The first-order chi connectivity index (χ1) is 9.33. The lowest BCUT2D eigenvalue weighted by Crippen LogP contribution is -2.24. The lowest BCUT2D eigenvalue weighted by Gasteiger charge is -2.11. The summed E-state index contributed by atoms with van der Waals surface area (Å²) in [6, 6.07) is 10.3. The summed E-state index contributed by atoms with van der Waals surface area (Å²) < 4.78 is 0. The van der Waals surface area contributed by atoms with Crippen LogP contribution in [0.5, 0.6) is 0 Å². The second kappa shape index (κ2) is 5.45.